The van der Waals surface area contributed by atoms with E-state index in [9.17, 15) is 4.79 Å². The number of nitrogens with zero attached hydrogens (tertiary/aromatic N) is 1. The summed E-state index contributed by atoms with van der Waals surface area (Å²) in [4.78, 5) is 11.1. The normalized spacial score (nSPS) is 10.7. The smallest absolute Gasteiger partial charge is 0.254 e. The minimum Gasteiger partial charge on any atom is -0.365 e. The summed E-state index contributed by atoms with van der Waals surface area (Å²) < 4.78 is 2.06. The quantitative estimate of drug-likeness (QED) is 0.487. The predicted octanol–water partition coefficient (Wildman–Crippen LogP) is 3.60. The summed E-state index contributed by atoms with van der Waals surface area (Å²) in [6.45, 7) is 3.22. The van der Waals surface area contributed by atoms with Crippen molar-refractivity contribution in [3.05, 3.63) is 30.1 Å². The Balaban J connectivity index is 2.06. The lowest BCUT2D eigenvalue weighted by Crippen LogP contribution is -2.34. The fourth-order valence-electron chi connectivity index (χ4n) is 2.41. The minimum atomic E-state index is -0.355. The number of nitrogens with two attached hydrogens (primary N) is 1. The molecule has 2 N–H and O–H groups in total. The molecular formula is C17H29N2O+. The van der Waals surface area contributed by atoms with Gasteiger partial charge in [-0.2, -0.15) is 0 Å². The van der Waals surface area contributed by atoms with Gasteiger partial charge in [0.05, 0.1) is 0 Å². The molecular weight excluding hydrogens is 248 g/mol. The molecule has 0 atom stereocenters. The van der Waals surface area contributed by atoms with Crippen molar-refractivity contribution in [3.63, 3.8) is 0 Å². The highest BCUT2D eigenvalue weighted by Gasteiger charge is 2.06. The van der Waals surface area contributed by atoms with Crippen LogP contribution in [0.15, 0.2) is 24.5 Å². The van der Waals surface area contributed by atoms with Crippen LogP contribution in [0, 0.1) is 0 Å². The van der Waals surface area contributed by atoms with Crippen LogP contribution in [-0.4, -0.2) is 5.91 Å². The third-order valence-electron chi connectivity index (χ3n) is 3.66. The number of primary amides is 1. The van der Waals surface area contributed by atoms with E-state index in [1.807, 2.05) is 18.5 Å². The Morgan fingerprint density at radius 1 is 1.05 bits per heavy atom. The molecule has 0 spiro atoms. The molecule has 3 nitrogen and oxygen atoms in total. The fraction of sp³-hybridized carbons (Fsp3) is 0.647. The third-order valence-corrected chi connectivity index (χ3v) is 3.66. The zero-order valence-electron chi connectivity index (χ0n) is 12.8. The van der Waals surface area contributed by atoms with Crippen LogP contribution >= 0.6 is 0 Å². The molecule has 1 amide bonds. The van der Waals surface area contributed by atoms with Gasteiger partial charge in [-0.25, -0.2) is 4.57 Å². The number of pyridine rings is 1. The van der Waals surface area contributed by atoms with Crippen molar-refractivity contribution < 1.29 is 9.36 Å². The molecule has 0 aliphatic heterocycles. The van der Waals surface area contributed by atoms with Crippen LogP contribution in [-0.2, 0) is 6.54 Å². The Kier molecular flexibility index (Phi) is 8.68. The van der Waals surface area contributed by atoms with Gasteiger partial charge in [-0.3, -0.25) is 4.79 Å². The summed E-state index contributed by atoms with van der Waals surface area (Å²) in [5, 5.41) is 0. The molecule has 0 aliphatic rings. The van der Waals surface area contributed by atoms with Crippen molar-refractivity contribution in [1.29, 1.82) is 0 Å². The highest BCUT2D eigenvalue weighted by atomic mass is 16.1. The molecule has 1 heterocycles. The van der Waals surface area contributed by atoms with Gasteiger partial charge in [0, 0.05) is 12.5 Å². The van der Waals surface area contributed by atoms with Gasteiger partial charge in [0.2, 0.25) is 0 Å². The second-order valence-corrected chi connectivity index (χ2v) is 5.52. The lowest BCUT2D eigenvalue weighted by molar-refractivity contribution is -0.697. The van der Waals surface area contributed by atoms with Gasteiger partial charge in [-0.15, -0.1) is 0 Å². The van der Waals surface area contributed by atoms with Gasteiger partial charge in [0.15, 0.2) is 12.4 Å². The van der Waals surface area contributed by atoms with Gasteiger partial charge in [-0.1, -0.05) is 51.9 Å². The molecule has 0 radical (unpaired) electrons. The van der Waals surface area contributed by atoms with Crippen molar-refractivity contribution in [2.24, 2.45) is 5.73 Å². The number of carbonyl (C=O) groups excluding carboxylic acids is 1. The predicted molar refractivity (Wildman–Crippen MR) is 82.4 cm³/mol. The molecule has 1 rings (SSSR count). The summed E-state index contributed by atoms with van der Waals surface area (Å²) in [6, 6.07) is 3.64. The average Bonchev–Trinajstić information content (AvgIpc) is 2.46. The van der Waals surface area contributed by atoms with E-state index >= 15 is 0 Å². The third kappa shape index (κ3) is 7.27. The van der Waals surface area contributed by atoms with E-state index in [-0.39, 0.29) is 5.91 Å². The second-order valence-electron chi connectivity index (χ2n) is 5.52. The van der Waals surface area contributed by atoms with E-state index in [2.05, 4.69) is 11.5 Å². The summed E-state index contributed by atoms with van der Waals surface area (Å²) in [5.41, 5.74) is 5.86. The first-order valence-electron chi connectivity index (χ1n) is 8.03. The van der Waals surface area contributed by atoms with Gasteiger partial charge < -0.3 is 5.73 Å². The van der Waals surface area contributed by atoms with Gasteiger partial charge in [0.1, 0.15) is 12.1 Å². The lowest BCUT2D eigenvalue weighted by atomic mass is 10.1. The average molecular weight is 277 g/mol. The Hall–Kier alpha value is -1.38. The fourth-order valence-corrected chi connectivity index (χ4v) is 2.41. The summed E-state index contributed by atoms with van der Waals surface area (Å²) in [6.07, 6.45) is 15.8. The highest BCUT2D eigenvalue weighted by Crippen LogP contribution is 2.09. The number of aryl methyl sites for hydroxylation is 1. The van der Waals surface area contributed by atoms with Gasteiger partial charge in [-0.05, 0) is 12.5 Å². The van der Waals surface area contributed by atoms with E-state index in [0.29, 0.717) is 5.56 Å². The van der Waals surface area contributed by atoms with Crippen LogP contribution in [0.1, 0.15) is 75.1 Å². The molecule has 20 heavy (non-hydrogen) atoms. The van der Waals surface area contributed by atoms with Crippen molar-refractivity contribution >= 4 is 5.91 Å². The lowest BCUT2D eigenvalue weighted by Gasteiger charge is -2.01. The first-order chi connectivity index (χ1) is 9.74. The van der Waals surface area contributed by atoms with Crippen LogP contribution in [0.25, 0.3) is 0 Å². The van der Waals surface area contributed by atoms with Crippen molar-refractivity contribution in [1.82, 2.24) is 0 Å². The van der Waals surface area contributed by atoms with Crippen LogP contribution in [0.3, 0.4) is 0 Å². The van der Waals surface area contributed by atoms with Crippen molar-refractivity contribution in [3.8, 4) is 0 Å². The summed E-state index contributed by atoms with van der Waals surface area (Å²) in [7, 11) is 0. The summed E-state index contributed by atoms with van der Waals surface area (Å²) >= 11 is 0. The van der Waals surface area contributed by atoms with Crippen molar-refractivity contribution in [2.75, 3.05) is 0 Å². The SMILES string of the molecule is CCCCCCCCCCC[n+]1cccc(C(N)=O)c1. The van der Waals surface area contributed by atoms with E-state index in [1.54, 1.807) is 6.07 Å². The number of aromatic nitrogens is 1. The standard InChI is InChI=1S/C17H28N2O/c1-2-3-4-5-6-7-8-9-10-13-19-14-11-12-16(15-19)17(18)20/h11-12,14-15H,2-10,13H2,1H3,(H-,18,20)/p+1. The molecule has 0 aliphatic carbocycles. The Labute approximate surface area is 123 Å². The van der Waals surface area contributed by atoms with Crippen LogP contribution < -0.4 is 10.3 Å². The van der Waals surface area contributed by atoms with E-state index in [0.717, 1.165) is 6.54 Å². The second kappa shape index (κ2) is 10.4. The number of carbonyl (C=O) groups is 1. The molecule has 0 saturated heterocycles. The van der Waals surface area contributed by atoms with Crippen LogP contribution in [0.2, 0.25) is 0 Å². The molecule has 3 heteroatoms. The first-order valence-corrected chi connectivity index (χ1v) is 8.03. The van der Waals surface area contributed by atoms with Gasteiger partial charge >= 0.3 is 0 Å². The van der Waals surface area contributed by atoms with E-state index in [1.165, 1.54) is 57.8 Å². The molecule has 0 saturated carbocycles. The monoisotopic (exact) mass is 277 g/mol. The van der Waals surface area contributed by atoms with E-state index in [4.69, 9.17) is 5.73 Å². The summed E-state index contributed by atoms with van der Waals surface area (Å²) in [5.74, 6) is -0.355. The Morgan fingerprint density at radius 3 is 2.25 bits per heavy atom. The number of rotatable bonds is 11. The topological polar surface area (TPSA) is 47.0 Å². The van der Waals surface area contributed by atoms with Gasteiger partial charge in [0.25, 0.3) is 5.91 Å². The molecule has 1 aromatic heterocycles. The molecule has 0 unspecified atom stereocenters. The molecule has 0 fully saturated rings. The minimum absolute atomic E-state index is 0.355. The Bertz CT molecular complexity index is 390. The number of unbranched alkanes of at least 4 members (excludes halogenated alkanes) is 8. The maximum absolute atomic E-state index is 11.1. The first kappa shape index (κ1) is 16.7. The van der Waals surface area contributed by atoms with Crippen molar-refractivity contribution in [2.45, 2.75) is 71.3 Å². The van der Waals surface area contributed by atoms with Crippen LogP contribution in [0.4, 0.5) is 0 Å². The van der Waals surface area contributed by atoms with Crippen LogP contribution in [0.5, 0.6) is 0 Å². The highest BCUT2D eigenvalue weighted by molar-refractivity contribution is 5.92. The number of amides is 1. The maximum atomic E-state index is 11.1. The molecule has 0 bridgehead atoms. The largest absolute Gasteiger partial charge is 0.365 e. The van der Waals surface area contributed by atoms with E-state index < -0.39 is 0 Å². The number of hydrogen-bond donors (Lipinski definition) is 1. The molecule has 112 valence electrons. The maximum Gasteiger partial charge on any atom is 0.254 e. The molecule has 0 aromatic carbocycles. The number of hydrogen-bond acceptors (Lipinski definition) is 1. The zero-order chi connectivity index (χ0) is 14.6. The molecule has 1 aromatic rings. The Morgan fingerprint density at radius 2 is 1.65 bits per heavy atom. The zero-order valence-corrected chi connectivity index (χ0v) is 12.8.